The third kappa shape index (κ3) is 2.76. The molecule has 24 heavy (non-hydrogen) atoms. The van der Waals surface area contributed by atoms with Crippen molar-refractivity contribution in [2.45, 2.75) is 13.8 Å². The molecule has 0 fully saturated rings. The molecule has 7 heteroatoms. The monoisotopic (exact) mass is 327 g/mol. The molecule has 2 heterocycles. The SMILES string of the molecule is CCOC(=O)c1c(/C=C2\C(=O)NN=C2OCC)[nH]c2ccccc12. The van der Waals surface area contributed by atoms with E-state index in [4.69, 9.17) is 9.47 Å². The number of aromatic amines is 1. The van der Waals surface area contributed by atoms with Gasteiger partial charge in [0.2, 0.25) is 5.90 Å². The molecule has 124 valence electrons. The summed E-state index contributed by atoms with van der Waals surface area (Å²) in [5.74, 6) is -0.627. The van der Waals surface area contributed by atoms with E-state index in [1.54, 1.807) is 19.9 Å². The van der Waals surface area contributed by atoms with Crippen molar-refractivity contribution in [2.24, 2.45) is 5.10 Å². The summed E-state index contributed by atoms with van der Waals surface area (Å²) in [5, 5.41) is 4.58. The summed E-state index contributed by atoms with van der Waals surface area (Å²) in [6.45, 7) is 4.19. The van der Waals surface area contributed by atoms with Gasteiger partial charge in [-0.3, -0.25) is 4.79 Å². The molecule has 0 spiro atoms. The molecule has 2 N–H and O–H groups in total. The predicted molar refractivity (Wildman–Crippen MR) is 89.4 cm³/mol. The molecular weight excluding hydrogens is 310 g/mol. The Morgan fingerprint density at radius 3 is 2.79 bits per heavy atom. The maximum atomic E-state index is 12.4. The van der Waals surface area contributed by atoms with Gasteiger partial charge in [0.15, 0.2) is 0 Å². The Bertz CT molecular complexity index is 864. The van der Waals surface area contributed by atoms with Crippen molar-refractivity contribution >= 4 is 34.8 Å². The maximum Gasteiger partial charge on any atom is 0.340 e. The van der Waals surface area contributed by atoms with Gasteiger partial charge >= 0.3 is 5.97 Å². The summed E-state index contributed by atoms with van der Waals surface area (Å²) in [4.78, 5) is 27.5. The van der Waals surface area contributed by atoms with Crippen molar-refractivity contribution in [1.82, 2.24) is 10.4 Å². The molecule has 1 aromatic carbocycles. The van der Waals surface area contributed by atoms with E-state index in [9.17, 15) is 9.59 Å². The second kappa shape index (κ2) is 6.57. The number of nitrogens with zero attached hydrogens (tertiary/aromatic N) is 1. The largest absolute Gasteiger partial charge is 0.476 e. The van der Waals surface area contributed by atoms with Gasteiger partial charge in [0.05, 0.1) is 24.5 Å². The molecule has 0 aliphatic carbocycles. The van der Waals surface area contributed by atoms with Crippen molar-refractivity contribution in [3.05, 3.63) is 41.1 Å². The summed E-state index contributed by atoms with van der Waals surface area (Å²) in [6, 6.07) is 7.38. The lowest BCUT2D eigenvalue weighted by Crippen LogP contribution is -2.14. The van der Waals surface area contributed by atoms with Crippen molar-refractivity contribution in [3.8, 4) is 0 Å². The maximum absolute atomic E-state index is 12.4. The van der Waals surface area contributed by atoms with Crippen LogP contribution in [0.4, 0.5) is 0 Å². The van der Waals surface area contributed by atoms with E-state index in [0.29, 0.717) is 17.9 Å². The average molecular weight is 327 g/mol. The Kier molecular flexibility index (Phi) is 4.33. The van der Waals surface area contributed by atoms with Gasteiger partial charge in [-0.1, -0.05) is 18.2 Å². The lowest BCUT2D eigenvalue weighted by Gasteiger charge is -2.04. The van der Waals surface area contributed by atoms with Crippen LogP contribution in [0.3, 0.4) is 0 Å². The third-order valence-corrected chi connectivity index (χ3v) is 3.52. The van der Waals surface area contributed by atoms with E-state index in [0.717, 1.165) is 10.9 Å². The molecule has 1 amide bonds. The van der Waals surface area contributed by atoms with E-state index >= 15 is 0 Å². The highest BCUT2D eigenvalue weighted by molar-refractivity contribution is 6.25. The Labute approximate surface area is 138 Å². The Hall–Kier alpha value is -3.09. The first-order valence-corrected chi connectivity index (χ1v) is 7.66. The zero-order valence-electron chi connectivity index (χ0n) is 13.4. The van der Waals surface area contributed by atoms with Crippen molar-refractivity contribution in [1.29, 1.82) is 0 Å². The van der Waals surface area contributed by atoms with Gasteiger partial charge in [-0.25, -0.2) is 10.2 Å². The second-order valence-electron chi connectivity index (χ2n) is 5.03. The molecule has 0 saturated carbocycles. The van der Waals surface area contributed by atoms with E-state index in [1.807, 2.05) is 24.3 Å². The summed E-state index contributed by atoms with van der Waals surface area (Å²) in [7, 11) is 0. The van der Waals surface area contributed by atoms with E-state index in [1.165, 1.54) is 0 Å². The quantitative estimate of drug-likeness (QED) is 0.665. The number of H-pyrrole nitrogens is 1. The minimum atomic E-state index is -0.449. The number of esters is 1. The fraction of sp³-hybridized carbons (Fsp3) is 0.235. The van der Waals surface area contributed by atoms with Crippen LogP contribution in [0.25, 0.3) is 17.0 Å². The number of rotatable bonds is 4. The van der Waals surface area contributed by atoms with Crippen molar-refractivity contribution in [3.63, 3.8) is 0 Å². The highest BCUT2D eigenvalue weighted by Gasteiger charge is 2.26. The Balaban J connectivity index is 2.13. The molecule has 0 atom stereocenters. The number of carbonyl (C=O) groups is 2. The molecule has 2 aromatic rings. The molecule has 0 saturated heterocycles. The van der Waals surface area contributed by atoms with Crippen LogP contribution < -0.4 is 5.43 Å². The van der Waals surface area contributed by atoms with E-state index in [-0.39, 0.29) is 24.0 Å². The van der Waals surface area contributed by atoms with Crippen molar-refractivity contribution in [2.75, 3.05) is 13.2 Å². The number of hydrogen-bond acceptors (Lipinski definition) is 5. The fourth-order valence-electron chi connectivity index (χ4n) is 2.53. The number of amides is 1. The first-order chi connectivity index (χ1) is 11.7. The minimum Gasteiger partial charge on any atom is -0.476 e. The Morgan fingerprint density at radius 2 is 2.04 bits per heavy atom. The number of aromatic nitrogens is 1. The summed E-state index contributed by atoms with van der Waals surface area (Å²) in [5.41, 5.74) is 4.26. The molecule has 0 unspecified atom stereocenters. The number of ether oxygens (including phenoxy) is 2. The molecule has 1 aromatic heterocycles. The van der Waals surface area contributed by atoms with Gasteiger partial charge < -0.3 is 14.5 Å². The normalized spacial score (nSPS) is 15.5. The molecule has 0 bridgehead atoms. The summed E-state index contributed by atoms with van der Waals surface area (Å²) >= 11 is 0. The van der Waals surface area contributed by atoms with Crippen LogP contribution in [0.2, 0.25) is 0 Å². The fourth-order valence-corrected chi connectivity index (χ4v) is 2.53. The lowest BCUT2D eigenvalue weighted by atomic mass is 10.1. The summed E-state index contributed by atoms with van der Waals surface area (Å²) in [6.07, 6.45) is 1.56. The highest BCUT2D eigenvalue weighted by atomic mass is 16.5. The Morgan fingerprint density at radius 1 is 1.25 bits per heavy atom. The van der Waals surface area contributed by atoms with Crippen LogP contribution in [0, 0.1) is 0 Å². The first kappa shape index (κ1) is 15.8. The first-order valence-electron chi connectivity index (χ1n) is 7.66. The van der Waals surface area contributed by atoms with Crippen LogP contribution in [0.5, 0.6) is 0 Å². The average Bonchev–Trinajstić information content (AvgIpc) is 3.10. The van der Waals surface area contributed by atoms with Crippen LogP contribution in [-0.2, 0) is 14.3 Å². The zero-order valence-corrected chi connectivity index (χ0v) is 13.4. The number of hydrazone groups is 1. The number of fused-ring (bicyclic) bond motifs is 1. The molecular formula is C17H17N3O4. The standard InChI is InChI=1S/C17H17N3O4/c1-3-23-16-11(15(21)19-20-16)9-13-14(17(22)24-4-2)10-7-5-6-8-12(10)18-13/h5-9,18H,3-4H2,1-2H3,(H,19,21)/b11-9+. The van der Waals surface area contributed by atoms with Crippen LogP contribution in [0.15, 0.2) is 34.9 Å². The van der Waals surface area contributed by atoms with Gasteiger partial charge in [0, 0.05) is 10.9 Å². The second-order valence-corrected chi connectivity index (χ2v) is 5.03. The molecule has 0 radical (unpaired) electrons. The van der Waals surface area contributed by atoms with Crippen LogP contribution in [-0.4, -0.2) is 36.0 Å². The number of para-hydroxylation sites is 1. The van der Waals surface area contributed by atoms with Crippen LogP contribution >= 0.6 is 0 Å². The van der Waals surface area contributed by atoms with Gasteiger partial charge in [-0.05, 0) is 26.0 Å². The zero-order chi connectivity index (χ0) is 17.1. The van der Waals surface area contributed by atoms with E-state index < -0.39 is 5.97 Å². The molecule has 7 nitrogen and oxygen atoms in total. The van der Waals surface area contributed by atoms with E-state index in [2.05, 4.69) is 15.5 Å². The van der Waals surface area contributed by atoms with Gasteiger partial charge in [0.1, 0.15) is 5.57 Å². The molecule has 1 aliphatic rings. The van der Waals surface area contributed by atoms with Gasteiger partial charge in [0.25, 0.3) is 5.91 Å². The van der Waals surface area contributed by atoms with Gasteiger partial charge in [-0.2, -0.15) is 0 Å². The van der Waals surface area contributed by atoms with Crippen LogP contribution in [0.1, 0.15) is 29.9 Å². The number of hydrogen-bond donors (Lipinski definition) is 2. The lowest BCUT2D eigenvalue weighted by molar-refractivity contribution is -0.116. The number of benzene rings is 1. The number of carbonyl (C=O) groups excluding carboxylic acids is 2. The number of nitrogens with one attached hydrogen (secondary N) is 2. The molecule has 1 aliphatic heterocycles. The summed E-state index contributed by atoms with van der Waals surface area (Å²) < 4.78 is 10.5. The highest BCUT2D eigenvalue weighted by Crippen LogP contribution is 2.26. The van der Waals surface area contributed by atoms with Crippen molar-refractivity contribution < 1.29 is 19.1 Å². The predicted octanol–water partition coefficient (Wildman–Crippen LogP) is 2.21. The topological polar surface area (TPSA) is 92.8 Å². The smallest absolute Gasteiger partial charge is 0.340 e. The van der Waals surface area contributed by atoms with Gasteiger partial charge in [-0.15, -0.1) is 5.10 Å². The third-order valence-electron chi connectivity index (χ3n) is 3.52. The minimum absolute atomic E-state index is 0.205. The molecule has 3 rings (SSSR count).